The first kappa shape index (κ1) is 23.8. The van der Waals surface area contributed by atoms with Crippen LogP contribution < -0.4 is 9.47 Å². The minimum absolute atomic E-state index is 0.0467. The highest BCUT2D eigenvalue weighted by atomic mass is 35.5. The van der Waals surface area contributed by atoms with Crippen LogP contribution >= 0.6 is 11.6 Å². The van der Waals surface area contributed by atoms with E-state index in [1.165, 1.54) is 19.2 Å². The Bertz CT molecular complexity index is 1710. The average Bonchev–Trinajstić information content (AvgIpc) is 3.45. The van der Waals surface area contributed by atoms with Gasteiger partial charge in [-0.1, -0.05) is 11.6 Å². The molecule has 0 fully saturated rings. The van der Waals surface area contributed by atoms with Crippen molar-refractivity contribution >= 4 is 50.8 Å². The van der Waals surface area contributed by atoms with Gasteiger partial charge in [-0.3, -0.25) is 14.9 Å². The maximum absolute atomic E-state index is 12.3. The number of nitrogens with one attached hydrogen (secondary N) is 2. The molecule has 0 aliphatic heterocycles. The van der Waals surface area contributed by atoms with Gasteiger partial charge in [0, 0.05) is 28.1 Å². The summed E-state index contributed by atoms with van der Waals surface area (Å²) in [6.45, 7) is -0.433. The van der Waals surface area contributed by atoms with E-state index >= 15 is 0 Å². The first-order valence-electron chi connectivity index (χ1n) is 10.7. The molecule has 0 aliphatic rings. The second-order valence-corrected chi connectivity index (χ2v) is 8.24. The van der Waals surface area contributed by atoms with Crippen LogP contribution in [0.25, 0.3) is 33.3 Å². The number of hydrogen-bond donors (Lipinski definition) is 3. The van der Waals surface area contributed by atoms with Crippen LogP contribution in [0.5, 0.6) is 17.4 Å². The van der Waals surface area contributed by atoms with Gasteiger partial charge < -0.3 is 24.5 Å². The lowest BCUT2D eigenvalue weighted by atomic mass is 10.2. The van der Waals surface area contributed by atoms with Gasteiger partial charge in [-0.15, -0.1) is 10.2 Å². The number of hydrogen-bond acceptors (Lipinski definition) is 8. The van der Waals surface area contributed by atoms with E-state index < -0.39 is 17.4 Å². The highest BCUT2D eigenvalue weighted by Gasteiger charge is 2.15. The zero-order valence-electron chi connectivity index (χ0n) is 19.1. The SMILES string of the molecule is COc1cc(-c2nc3ccc([N+](=O)[O-])cc3[nH]2)ccc1OCC(=O)N=Nc1c(O)[nH]c2ccc(Cl)cc12. The Morgan fingerprint density at radius 1 is 1.11 bits per heavy atom. The number of carbonyl (C=O) groups is 1. The highest BCUT2D eigenvalue weighted by Crippen LogP contribution is 2.37. The highest BCUT2D eigenvalue weighted by molar-refractivity contribution is 6.31. The summed E-state index contributed by atoms with van der Waals surface area (Å²) in [5.74, 6) is 0.151. The van der Waals surface area contributed by atoms with Crippen LogP contribution in [0, 0.1) is 10.1 Å². The number of nitro groups is 1. The number of azo groups is 1. The molecule has 0 spiro atoms. The number of non-ortho nitro benzene ring substituents is 1. The number of aromatic hydroxyl groups is 1. The fourth-order valence-electron chi connectivity index (χ4n) is 3.69. The van der Waals surface area contributed by atoms with Crippen LogP contribution in [0.2, 0.25) is 5.02 Å². The van der Waals surface area contributed by atoms with Crippen molar-refractivity contribution in [3.8, 4) is 28.8 Å². The number of nitro benzene ring substituents is 1. The lowest BCUT2D eigenvalue weighted by molar-refractivity contribution is -0.384. The van der Waals surface area contributed by atoms with Gasteiger partial charge in [0.15, 0.2) is 23.8 Å². The van der Waals surface area contributed by atoms with Crippen molar-refractivity contribution < 1.29 is 24.3 Å². The van der Waals surface area contributed by atoms with Gasteiger partial charge in [0.2, 0.25) is 5.88 Å². The van der Waals surface area contributed by atoms with E-state index in [-0.39, 0.29) is 23.0 Å². The van der Waals surface area contributed by atoms with E-state index in [0.717, 1.165) is 0 Å². The van der Waals surface area contributed by atoms with Crippen molar-refractivity contribution in [2.75, 3.05) is 13.7 Å². The molecule has 0 bridgehead atoms. The normalized spacial score (nSPS) is 11.4. The van der Waals surface area contributed by atoms with Crippen molar-refractivity contribution in [2.24, 2.45) is 10.2 Å². The van der Waals surface area contributed by atoms with Gasteiger partial charge in [0.1, 0.15) is 5.82 Å². The van der Waals surface area contributed by atoms with Crippen LogP contribution in [0.3, 0.4) is 0 Å². The second kappa shape index (κ2) is 9.59. The smallest absolute Gasteiger partial charge is 0.302 e. The molecule has 1 amide bonds. The summed E-state index contributed by atoms with van der Waals surface area (Å²) in [5.41, 5.74) is 2.36. The fourth-order valence-corrected chi connectivity index (χ4v) is 3.87. The first-order valence-corrected chi connectivity index (χ1v) is 11.1. The Kier molecular flexibility index (Phi) is 6.15. The average molecular weight is 521 g/mol. The van der Waals surface area contributed by atoms with E-state index in [0.29, 0.717) is 44.1 Å². The number of benzene rings is 3. The van der Waals surface area contributed by atoms with Crippen LogP contribution in [-0.2, 0) is 4.79 Å². The quantitative estimate of drug-likeness (QED) is 0.141. The Hall–Kier alpha value is -4.97. The summed E-state index contributed by atoms with van der Waals surface area (Å²) in [6, 6.07) is 14.2. The Morgan fingerprint density at radius 2 is 1.95 bits per heavy atom. The second-order valence-electron chi connectivity index (χ2n) is 7.80. The molecule has 0 radical (unpaired) electrons. The third-order valence-corrected chi connectivity index (χ3v) is 5.68. The number of H-pyrrole nitrogens is 2. The summed E-state index contributed by atoms with van der Waals surface area (Å²) < 4.78 is 11.0. The van der Waals surface area contributed by atoms with Gasteiger partial charge in [-0.05, 0) is 42.5 Å². The molecule has 5 rings (SSSR count). The molecule has 2 aromatic heterocycles. The molecule has 12 nitrogen and oxygen atoms in total. The van der Waals surface area contributed by atoms with Gasteiger partial charge >= 0.3 is 5.91 Å². The Labute approximate surface area is 212 Å². The van der Waals surface area contributed by atoms with Crippen molar-refractivity contribution in [2.45, 2.75) is 0 Å². The number of amides is 1. The van der Waals surface area contributed by atoms with Crippen LogP contribution in [-0.4, -0.2) is 44.6 Å². The van der Waals surface area contributed by atoms with Crippen LogP contribution in [0.1, 0.15) is 0 Å². The molecule has 0 saturated heterocycles. The van der Waals surface area contributed by atoms with E-state index in [9.17, 15) is 20.0 Å². The molecule has 2 heterocycles. The third-order valence-electron chi connectivity index (χ3n) is 5.44. The molecule has 13 heteroatoms. The number of fused-ring (bicyclic) bond motifs is 2. The van der Waals surface area contributed by atoms with Gasteiger partial charge in [0.05, 0.1) is 28.6 Å². The number of nitrogens with zero attached hydrogens (tertiary/aromatic N) is 4. The number of carbonyl (C=O) groups excluding carboxylic acids is 1. The number of rotatable bonds is 7. The standard InChI is InChI=1S/C24H17ClN6O6/c1-36-20-8-12(23-26-17-6-4-14(31(34)35)10-18(17)27-23)2-7-19(20)37-11-21(32)29-30-22-15-9-13(25)3-5-16(15)28-24(22)33/h2-10,28,33H,11H2,1H3,(H,26,27). The van der Waals surface area contributed by atoms with Gasteiger partial charge in [0.25, 0.3) is 5.69 Å². The predicted molar refractivity (Wildman–Crippen MR) is 135 cm³/mol. The number of imidazole rings is 1. The first-order chi connectivity index (χ1) is 17.8. The molecule has 0 saturated carbocycles. The van der Waals surface area contributed by atoms with E-state index in [2.05, 4.69) is 25.2 Å². The topological polar surface area (TPSA) is 168 Å². The van der Waals surface area contributed by atoms with Crippen molar-refractivity contribution in [3.05, 3.63) is 69.7 Å². The number of aromatic nitrogens is 3. The number of methoxy groups -OCH3 is 1. The van der Waals surface area contributed by atoms with Crippen molar-refractivity contribution in [1.82, 2.24) is 15.0 Å². The molecule has 37 heavy (non-hydrogen) atoms. The number of ether oxygens (including phenoxy) is 2. The zero-order valence-corrected chi connectivity index (χ0v) is 19.8. The Morgan fingerprint density at radius 3 is 2.73 bits per heavy atom. The third kappa shape index (κ3) is 4.77. The maximum Gasteiger partial charge on any atom is 0.302 e. The summed E-state index contributed by atoms with van der Waals surface area (Å²) >= 11 is 6.00. The van der Waals surface area contributed by atoms with Crippen molar-refractivity contribution in [1.29, 1.82) is 0 Å². The molecule has 5 aromatic rings. The summed E-state index contributed by atoms with van der Waals surface area (Å²) in [5, 5.41) is 29.5. The zero-order chi connectivity index (χ0) is 26.1. The molecule has 0 unspecified atom stereocenters. The monoisotopic (exact) mass is 520 g/mol. The van der Waals surface area contributed by atoms with E-state index in [1.54, 1.807) is 42.5 Å². The predicted octanol–water partition coefficient (Wildman–Crippen LogP) is 5.68. The lowest BCUT2D eigenvalue weighted by Gasteiger charge is -2.10. The van der Waals surface area contributed by atoms with E-state index in [4.69, 9.17) is 21.1 Å². The molecular formula is C24H17ClN6O6. The lowest BCUT2D eigenvalue weighted by Crippen LogP contribution is -2.08. The van der Waals surface area contributed by atoms with Gasteiger partial charge in [-0.25, -0.2) is 4.98 Å². The van der Waals surface area contributed by atoms with Crippen LogP contribution in [0.4, 0.5) is 11.4 Å². The van der Waals surface area contributed by atoms with Gasteiger partial charge in [-0.2, -0.15) is 0 Å². The summed E-state index contributed by atoms with van der Waals surface area (Å²) in [6.07, 6.45) is 0. The Balaban J connectivity index is 1.31. The number of halogens is 1. The van der Waals surface area contributed by atoms with Crippen molar-refractivity contribution in [3.63, 3.8) is 0 Å². The fraction of sp³-hybridized carbons (Fsp3) is 0.0833. The maximum atomic E-state index is 12.3. The molecule has 186 valence electrons. The molecule has 3 aromatic carbocycles. The minimum atomic E-state index is -0.694. The van der Waals surface area contributed by atoms with Crippen LogP contribution in [0.15, 0.2) is 64.8 Å². The van der Waals surface area contributed by atoms with E-state index in [1.807, 2.05) is 0 Å². The summed E-state index contributed by atoms with van der Waals surface area (Å²) in [4.78, 5) is 33.1. The molecule has 3 N–H and O–H groups in total. The number of aromatic amines is 2. The largest absolute Gasteiger partial charge is 0.493 e. The molecular weight excluding hydrogens is 504 g/mol. The molecule has 0 aliphatic carbocycles. The molecule has 0 atom stereocenters. The summed E-state index contributed by atoms with van der Waals surface area (Å²) in [7, 11) is 1.44. The minimum Gasteiger partial charge on any atom is -0.493 e.